The van der Waals surface area contributed by atoms with Crippen LogP contribution in [0.4, 0.5) is 16.2 Å². The molecule has 1 aliphatic heterocycles. The Balaban J connectivity index is 1.55. The second-order valence-corrected chi connectivity index (χ2v) is 9.02. The lowest BCUT2D eigenvalue weighted by atomic mass is 9.95. The summed E-state index contributed by atoms with van der Waals surface area (Å²) in [5, 5.41) is 3.68. The van der Waals surface area contributed by atoms with E-state index in [0.717, 1.165) is 17.5 Å². The van der Waals surface area contributed by atoms with E-state index >= 15 is 0 Å². The number of rotatable bonds is 8. The Bertz CT molecular complexity index is 1190. The minimum Gasteiger partial charge on any atom is -0.495 e. The SMILES string of the molecule is CCC(C(=O)Nc1ccc(OC)c(N2CCCN(Cc3cccc(Cl)c3)C2=O)c1)c1ccccc1. The summed E-state index contributed by atoms with van der Waals surface area (Å²) in [5.74, 6) is 0.241. The second kappa shape index (κ2) is 11.3. The van der Waals surface area contributed by atoms with Gasteiger partial charge in [0, 0.05) is 30.3 Å². The highest BCUT2D eigenvalue weighted by molar-refractivity contribution is 6.30. The summed E-state index contributed by atoms with van der Waals surface area (Å²) >= 11 is 6.13. The first-order chi connectivity index (χ1) is 17.0. The minimum absolute atomic E-state index is 0.0811. The highest BCUT2D eigenvalue weighted by Gasteiger charge is 2.29. The fourth-order valence-corrected chi connectivity index (χ4v) is 4.69. The zero-order chi connectivity index (χ0) is 24.8. The summed E-state index contributed by atoms with van der Waals surface area (Å²) in [4.78, 5) is 30.1. The maximum Gasteiger partial charge on any atom is 0.324 e. The van der Waals surface area contributed by atoms with E-state index in [4.69, 9.17) is 16.3 Å². The molecule has 4 rings (SSSR count). The van der Waals surface area contributed by atoms with Crippen molar-refractivity contribution in [2.75, 3.05) is 30.4 Å². The lowest BCUT2D eigenvalue weighted by Crippen LogP contribution is -2.49. The highest BCUT2D eigenvalue weighted by Crippen LogP contribution is 2.34. The molecular formula is C28H30ClN3O3. The predicted octanol–water partition coefficient (Wildman–Crippen LogP) is 6.31. The molecular weight excluding hydrogens is 462 g/mol. The number of carbonyl (C=O) groups is 2. The van der Waals surface area contributed by atoms with Gasteiger partial charge in [-0.1, -0.05) is 61.0 Å². The van der Waals surface area contributed by atoms with Crippen LogP contribution >= 0.6 is 11.6 Å². The first-order valence-corrected chi connectivity index (χ1v) is 12.2. The van der Waals surface area contributed by atoms with Crippen LogP contribution < -0.4 is 15.0 Å². The molecule has 1 unspecified atom stereocenters. The van der Waals surface area contributed by atoms with Gasteiger partial charge in [0.05, 0.1) is 18.7 Å². The summed E-state index contributed by atoms with van der Waals surface area (Å²) in [5.41, 5.74) is 3.22. The van der Waals surface area contributed by atoms with E-state index in [2.05, 4.69) is 5.32 Å². The van der Waals surface area contributed by atoms with E-state index in [1.165, 1.54) is 0 Å². The molecule has 0 saturated carbocycles. The first-order valence-electron chi connectivity index (χ1n) is 11.8. The van der Waals surface area contributed by atoms with Crippen molar-refractivity contribution in [1.82, 2.24) is 4.90 Å². The molecule has 0 radical (unpaired) electrons. The summed E-state index contributed by atoms with van der Waals surface area (Å²) in [6.07, 6.45) is 1.50. The molecule has 7 heteroatoms. The van der Waals surface area contributed by atoms with E-state index in [0.29, 0.717) is 48.2 Å². The van der Waals surface area contributed by atoms with Gasteiger partial charge in [0.1, 0.15) is 5.75 Å². The van der Waals surface area contributed by atoms with Crippen LogP contribution in [0.15, 0.2) is 72.8 Å². The third kappa shape index (κ3) is 5.77. The molecule has 1 heterocycles. The largest absolute Gasteiger partial charge is 0.495 e. The molecule has 1 atom stereocenters. The van der Waals surface area contributed by atoms with Crippen LogP contribution in [0.1, 0.15) is 36.8 Å². The fourth-order valence-electron chi connectivity index (χ4n) is 4.47. The standard InChI is InChI=1S/C28H30ClN3O3/c1-3-24(21-10-5-4-6-11-21)27(33)30-23-13-14-26(35-2)25(18-23)32-16-8-15-31(28(32)34)19-20-9-7-12-22(29)17-20/h4-7,9-14,17-18,24H,3,8,15-16,19H2,1-2H3,(H,30,33). The number of anilines is 2. The molecule has 3 aromatic carbocycles. The van der Waals surface area contributed by atoms with Gasteiger partial charge in [0.15, 0.2) is 0 Å². The predicted molar refractivity (Wildman–Crippen MR) is 140 cm³/mol. The molecule has 35 heavy (non-hydrogen) atoms. The summed E-state index contributed by atoms with van der Waals surface area (Å²) in [6, 6.07) is 22.6. The lowest BCUT2D eigenvalue weighted by Gasteiger charge is -2.36. The van der Waals surface area contributed by atoms with Crippen LogP contribution in [0.3, 0.4) is 0 Å². The third-order valence-electron chi connectivity index (χ3n) is 6.24. The lowest BCUT2D eigenvalue weighted by molar-refractivity contribution is -0.117. The number of hydrogen-bond acceptors (Lipinski definition) is 3. The molecule has 6 nitrogen and oxygen atoms in total. The number of hydrogen-bond donors (Lipinski definition) is 1. The monoisotopic (exact) mass is 491 g/mol. The van der Waals surface area contributed by atoms with Gasteiger partial charge in [-0.2, -0.15) is 0 Å². The molecule has 0 aliphatic carbocycles. The van der Waals surface area contributed by atoms with Gasteiger partial charge in [-0.25, -0.2) is 4.79 Å². The Morgan fingerprint density at radius 1 is 1.06 bits per heavy atom. The number of halogens is 1. The maximum atomic E-state index is 13.4. The second-order valence-electron chi connectivity index (χ2n) is 8.59. The van der Waals surface area contributed by atoms with Gasteiger partial charge in [-0.05, 0) is 54.3 Å². The van der Waals surface area contributed by atoms with Crippen molar-refractivity contribution in [1.29, 1.82) is 0 Å². The zero-order valence-electron chi connectivity index (χ0n) is 20.0. The number of amides is 3. The van der Waals surface area contributed by atoms with Crippen molar-refractivity contribution >= 4 is 34.9 Å². The van der Waals surface area contributed by atoms with Crippen LogP contribution in [0.2, 0.25) is 5.02 Å². The van der Waals surface area contributed by atoms with Gasteiger partial charge in [0.2, 0.25) is 5.91 Å². The number of urea groups is 1. The highest BCUT2D eigenvalue weighted by atomic mass is 35.5. The molecule has 1 N–H and O–H groups in total. The van der Waals surface area contributed by atoms with Crippen LogP contribution in [0.5, 0.6) is 5.75 Å². The van der Waals surface area contributed by atoms with Crippen LogP contribution in [-0.2, 0) is 11.3 Å². The van der Waals surface area contributed by atoms with Gasteiger partial charge >= 0.3 is 6.03 Å². The van der Waals surface area contributed by atoms with E-state index in [1.807, 2.05) is 72.5 Å². The van der Waals surface area contributed by atoms with Crippen molar-refractivity contribution < 1.29 is 14.3 Å². The molecule has 0 bridgehead atoms. The van der Waals surface area contributed by atoms with E-state index < -0.39 is 0 Å². The van der Waals surface area contributed by atoms with E-state index in [9.17, 15) is 9.59 Å². The van der Waals surface area contributed by atoms with Crippen LogP contribution in [-0.4, -0.2) is 37.0 Å². The van der Waals surface area contributed by atoms with Crippen LogP contribution in [0.25, 0.3) is 0 Å². The topological polar surface area (TPSA) is 61.9 Å². The number of nitrogens with zero attached hydrogens (tertiary/aromatic N) is 2. The number of benzene rings is 3. The van der Waals surface area contributed by atoms with Gasteiger partial charge in [-0.15, -0.1) is 0 Å². The molecule has 1 fully saturated rings. The van der Waals surface area contributed by atoms with Gasteiger partial charge in [0.25, 0.3) is 0 Å². The van der Waals surface area contributed by atoms with E-state index in [-0.39, 0.29) is 17.9 Å². The quantitative estimate of drug-likeness (QED) is 0.401. The molecule has 0 spiro atoms. The first kappa shape index (κ1) is 24.6. The number of ether oxygens (including phenoxy) is 1. The molecule has 3 aromatic rings. The number of carbonyl (C=O) groups excluding carboxylic acids is 2. The van der Waals surface area contributed by atoms with E-state index in [1.54, 1.807) is 24.1 Å². The minimum atomic E-state index is -0.258. The fraction of sp³-hybridized carbons (Fsp3) is 0.286. The van der Waals surface area contributed by atoms with Crippen molar-refractivity contribution in [3.05, 3.63) is 88.9 Å². The zero-order valence-corrected chi connectivity index (χ0v) is 20.8. The Kier molecular flexibility index (Phi) is 7.93. The average Bonchev–Trinajstić information content (AvgIpc) is 2.86. The van der Waals surface area contributed by atoms with Crippen molar-refractivity contribution in [2.45, 2.75) is 32.2 Å². The van der Waals surface area contributed by atoms with Crippen LogP contribution in [0, 0.1) is 0 Å². The smallest absolute Gasteiger partial charge is 0.324 e. The Hall–Kier alpha value is -3.51. The Morgan fingerprint density at radius 2 is 1.86 bits per heavy atom. The third-order valence-corrected chi connectivity index (χ3v) is 6.47. The van der Waals surface area contributed by atoms with Gasteiger partial charge < -0.3 is 15.0 Å². The van der Waals surface area contributed by atoms with Crippen molar-refractivity contribution in [2.24, 2.45) is 0 Å². The van der Waals surface area contributed by atoms with Gasteiger partial charge in [-0.3, -0.25) is 9.69 Å². The average molecular weight is 492 g/mol. The molecule has 182 valence electrons. The molecule has 1 aliphatic rings. The Morgan fingerprint density at radius 3 is 2.57 bits per heavy atom. The number of nitrogens with one attached hydrogen (secondary N) is 1. The summed E-state index contributed by atoms with van der Waals surface area (Å²) < 4.78 is 5.57. The van der Waals surface area contributed by atoms with Crippen molar-refractivity contribution in [3.8, 4) is 5.75 Å². The summed E-state index contributed by atoms with van der Waals surface area (Å²) in [6.45, 7) is 3.71. The number of methoxy groups -OCH3 is 1. The molecule has 1 saturated heterocycles. The maximum absolute atomic E-state index is 13.4. The molecule has 0 aromatic heterocycles. The normalized spacial score (nSPS) is 14.5. The Labute approximate surface area is 211 Å². The van der Waals surface area contributed by atoms with Crippen molar-refractivity contribution in [3.63, 3.8) is 0 Å². The summed E-state index contributed by atoms with van der Waals surface area (Å²) in [7, 11) is 1.58. The molecule has 3 amide bonds.